The summed E-state index contributed by atoms with van der Waals surface area (Å²) in [5.41, 5.74) is 1.98. The second-order valence-electron chi connectivity index (χ2n) is 4.49. The molecule has 102 valence electrons. The van der Waals surface area contributed by atoms with Gasteiger partial charge in [0.2, 0.25) is 0 Å². The molecule has 3 nitrogen and oxygen atoms in total. The molecule has 2 aromatic heterocycles. The zero-order valence-electron chi connectivity index (χ0n) is 10.6. The summed E-state index contributed by atoms with van der Waals surface area (Å²) >= 11 is 10.0. The first kappa shape index (κ1) is 13.6. The van der Waals surface area contributed by atoms with Gasteiger partial charge in [-0.3, -0.25) is 0 Å². The summed E-state index contributed by atoms with van der Waals surface area (Å²) in [5, 5.41) is 0.659. The Hall–Kier alpha value is -0.390. The summed E-state index contributed by atoms with van der Waals surface area (Å²) in [6.45, 7) is 0.997. The van der Waals surface area contributed by atoms with Gasteiger partial charge in [-0.25, -0.2) is 9.97 Å². The highest BCUT2D eigenvalue weighted by atomic mass is 35.5. The Morgan fingerprint density at radius 2 is 2.37 bits per heavy atom. The van der Waals surface area contributed by atoms with E-state index in [0.717, 1.165) is 30.0 Å². The van der Waals surface area contributed by atoms with Gasteiger partial charge in [-0.2, -0.15) is 23.5 Å². The lowest BCUT2D eigenvalue weighted by molar-refractivity contribution is 0.669. The van der Waals surface area contributed by atoms with Crippen LogP contribution in [-0.2, 0) is 13.0 Å². The normalized spacial score (nSPS) is 19.9. The van der Waals surface area contributed by atoms with Crippen molar-refractivity contribution >= 4 is 46.3 Å². The molecule has 0 spiro atoms. The first-order valence-corrected chi connectivity index (χ1v) is 9.17. The lowest BCUT2D eigenvalue weighted by Gasteiger charge is -2.22. The number of rotatable bonds is 4. The minimum atomic E-state index is 0.607. The number of aryl methyl sites for hydroxylation is 1. The maximum absolute atomic E-state index is 5.90. The molecule has 0 N–H and O–H groups in total. The third-order valence-corrected chi connectivity index (χ3v) is 6.19. The van der Waals surface area contributed by atoms with Crippen LogP contribution in [0.3, 0.4) is 0 Å². The molecule has 6 heteroatoms. The van der Waals surface area contributed by atoms with E-state index in [2.05, 4.69) is 26.3 Å². The van der Waals surface area contributed by atoms with E-state index in [9.17, 15) is 0 Å². The lowest BCUT2D eigenvalue weighted by Crippen LogP contribution is -2.22. The molecule has 2 aromatic rings. The molecule has 0 radical (unpaired) electrons. The topological polar surface area (TPSA) is 30.7 Å². The zero-order valence-corrected chi connectivity index (χ0v) is 13.0. The van der Waals surface area contributed by atoms with Gasteiger partial charge in [0.15, 0.2) is 5.65 Å². The Morgan fingerprint density at radius 3 is 3.16 bits per heavy atom. The van der Waals surface area contributed by atoms with Crippen LogP contribution in [0.2, 0.25) is 0 Å². The number of fused-ring (bicyclic) bond motifs is 1. The van der Waals surface area contributed by atoms with E-state index in [-0.39, 0.29) is 0 Å². The number of halogens is 1. The number of imidazole rings is 1. The number of hydrogen-bond acceptors (Lipinski definition) is 4. The van der Waals surface area contributed by atoms with E-state index in [1.54, 1.807) is 0 Å². The van der Waals surface area contributed by atoms with E-state index < -0.39 is 0 Å². The molecule has 3 rings (SSSR count). The van der Waals surface area contributed by atoms with Gasteiger partial charge in [-0.1, -0.05) is 0 Å². The molecular formula is C13H16ClN3S2. The van der Waals surface area contributed by atoms with Crippen molar-refractivity contribution in [3.8, 4) is 0 Å². The van der Waals surface area contributed by atoms with E-state index in [4.69, 9.17) is 11.6 Å². The van der Waals surface area contributed by atoms with Crippen molar-refractivity contribution in [3.63, 3.8) is 0 Å². The monoisotopic (exact) mass is 313 g/mol. The largest absolute Gasteiger partial charge is 0.312 e. The minimum absolute atomic E-state index is 0.607. The Morgan fingerprint density at radius 1 is 1.42 bits per heavy atom. The van der Waals surface area contributed by atoms with Crippen LogP contribution in [0.5, 0.6) is 0 Å². The van der Waals surface area contributed by atoms with Crippen molar-refractivity contribution in [2.24, 2.45) is 0 Å². The van der Waals surface area contributed by atoms with E-state index >= 15 is 0 Å². The molecule has 1 aliphatic heterocycles. The fraction of sp³-hybridized carbons (Fsp3) is 0.538. The number of nitrogens with zero attached hydrogens (tertiary/aromatic N) is 3. The quantitative estimate of drug-likeness (QED) is 0.812. The number of pyridine rings is 1. The Kier molecular flexibility index (Phi) is 4.56. The van der Waals surface area contributed by atoms with Crippen LogP contribution in [0.1, 0.15) is 5.82 Å². The SMILES string of the molecule is ClCCc1nc2cccnc2n1CC1CSCCS1. The lowest BCUT2D eigenvalue weighted by atomic mass is 10.4. The molecule has 0 saturated carbocycles. The maximum Gasteiger partial charge on any atom is 0.160 e. The van der Waals surface area contributed by atoms with Gasteiger partial charge in [-0.05, 0) is 12.1 Å². The van der Waals surface area contributed by atoms with E-state index in [1.807, 2.05) is 30.1 Å². The van der Waals surface area contributed by atoms with Crippen LogP contribution in [0.4, 0.5) is 0 Å². The smallest absolute Gasteiger partial charge is 0.160 e. The van der Waals surface area contributed by atoms with Crippen molar-refractivity contribution < 1.29 is 0 Å². The summed E-state index contributed by atoms with van der Waals surface area (Å²) in [7, 11) is 0. The van der Waals surface area contributed by atoms with Crippen LogP contribution in [0.15, 0.2) is 18.3 Å². The van der Waals surface area contributed by atoms with Gasteiger partial charge in [-0.15, -0.1) is 11.6 Å². The average molecular weight is 314 g/mol. The molecule has 1 atom stereocenters. The van der Waals surface area contributed by atoms with Crippen molar-refractivity contribution in [3.05, 3.63) is 24.2 Å². The second-order valence-corrected chi connectivity index (χ2v) is 7.43. The number of aromatic nitrogens is 3. The van der Waals surface area contributed by atoms with Gasteiger partial charge < -0.3 is 4.57 Å². The highest BCUT2D eigenvalue weighted by molar-refractivity contribution is 8.06. The number of hydrogen-bond donors (Lipinski definition) is 0. The highest BCUT2D eigenvalue weighted by Gasteiger charge is 2.19. The molecule has 1 aliphatic rings. The zero-order chi connectivity index (χ0) is 13.1. The number of thioether (sulfide) groups is 2. The third kappa shape index (κ3) is 3.03. The molecule has 1 saturated heterocycles. The summed E-state index contributed by atoms with van der Waals surface area (Å²) < 4.78 is 2.27. The second kappa shape index (κ2) is 6.37. The van der Waals surface area contributed by atoms with Crippen molar-refractivity contribution in [2.75, 3.05) is 23.1 Å². The minimum Gasteiger partial charge on any atom is -0.312 e. The first-order valence-electron chi connectivity index (χ1n) is 6.44. The maximum atomic E-state index is 5.90. The fourth-order valence-corrected chi connectivity index (χ4v) is 5.14. The molecule has 1 fully saturated rings. The predicted octanol–water partition coefficient (Wildman–Crippen LogP) is 3.06. The van der Waals surface area contributed by atoms with Crippen LogP contribution in [0.25, 0.3) is 11.2 Å². The van der Waals surface area contributed by atoms with Gasteiger partial charge in [0, 0.05) is 47.6 Å². The average Bonchev–Trinajstić information content (AvgIpc) is 2.79. The van der Waals surface area contributed by atoms with Crippen LogP contribution in [0, 0.1) is 0 Å². The molecule has 3 heterocycles. The van der Waals surface area contributed by atoms with Crippen molar-refractivity contribution in [1.29, 1.82) is 0 Å². The van der Waals surface area contributed by atoms with E-state index in [0.29, 0.717) is 11.1 Å². The standard InChI is InChI=1S/C13H16ClN3S2/c14-4-3-12-16-11-2-1-5-15-13(11)17(12)8-10-9-18-6-7-19-10/h1-2,5,10H,3-4,6-9H2. The fourth-order valence-electron chi connectivity index (χ4n) is 2.32. The van der Waals surface area contributed by atoms with Crippen LogP contribution < -0.4 is 0 Å². The summed E-state index contributed by atoms with van der Waals surface area (Å²) in [6.07, 6.45) is 2.65. The summed E-state index contributed by atoms with van der Waals surface area (Å²) in [4.78, 5) is 9.16. The molecule has 0 aromatic carbocycles. The van der Waals surface area contributed by atoms with E-state index in [1.165, 1.54) is 17.3 Å². The van der Waals surface area contributed by atoms with Gasteiger partial charge in [0.05, 0.1) is 0 Å². The molecule has 1 unspecified atom stereocenters. The Bertz CT molecular complexity index is 552. The predicted molar refractivity (Wildman–Crippen MR) is 85.5 cm³/mol. The van der Waals surface area contributed by atoms with Gasteiger partial charge >= 0.3 is 0 Å². The van der Waals surface area contributed by atoms with Crippen LogP contribution >= 0.6 is 35.1 Å². The van der Waals surface area contributed by atoms with Gasteiger partial charge in [0.1, 0.15) is 11.3 Å². The molecular weight excluding hydrogens is 298 g/mol. The third-order valence-electron chi connectivity index (χ3n) is 3.17. The van der Waals surface area contributed by atoms with Crippen LogP contribution in [-0.4, -0.2) is 42.9 Å². The first-order chi connectivity index (χ1) is 9.38. The summed E-state index contributed by atoms with van der Waals surface area (Å²) in [5.74, 6) is 5.42. The summed E-state index contributed by atoms with van der Waals surface area (Å²) in [6, 6.07) is 3.97. The Labute approximate surface area is 126 Å². The molecule has 0 bridgehead atoms. The molecule has 19 heavy (non-hydrogen) atoms. The highest BCUT2D eigenvalue weighted by Crippen LogP contribution is 2.27. The Balaban J connectivity index is 1.92. The van der Waals surface area contributed by atoms with Gasteiger partial charge in [0.25, 0.3) is 0 Å². The van der Waals surface area contributed by atoms with Crippen molar-refractivity contribution in [1.82, 2.24) is 14.5 Å². The number of alkyl halides is 1. The molecule has 0 amide bonds. The van der Waals surface area contributed by atoms with Crippen molar-refractivity contribution in [2.45, 2.75) is 18.2 Å². The molecule has 0 aliphatic carbocycles.